The van der Waals surface area contributed by atoms with Crippen LogP contribution in [0.25, 0.3) is 0 Å². The molecule has 92 valence electrons. The van der Waals surface area contributed by atoms with E-state index in [1.54, 1.807) is 25.3 Å². The number of benzene rings is 1. The van der Waals surface area contributed by atoms with E-state index in [1.165, 1.54) is 0 Å². The molecule has 1 aromatic rings. The van der Waals surface area contributed by atoms with Crippen molar-refractivity contribution in [3.63, 3.8) is 0 Å². The summed E-state index contributed by atoms with van der Waals surface area (Å²) in [4.78, 5) is 0. The van der Waals surface area contributed by atoms with E-state index in [0.29, 0.717) is 23.9 Å². The number of methoxy groups -OCH3 is 1. The largest absolute Gasteiger partial charge is 0.478 e. The van der Waals surface area contributed by atoms with Crippen molar-refractivity contribution in [1.29, 1.82) is 5.26 Å². The molecule has 0 aliphatic carbocycles. The minimum absolute atomic E-state index is 0.0193. The minimum Gasteiger partial charge on any atom is -0.478 e. The maximum atomic E-state index is 8.49. The van der Waals surface area contributed by atoms with Crippen LogP contribution < -0.4 is 10.1 Å². The fourth-order valence-electron chi connectivity index (χ4n) is 1.34. The highest BCUT2D eigenvalue weighted by Gasteiger charge is 2.07. The molecular formula is C12H15ClN2O2. The van der Waals surface area contributed by atoms with Crippen molar-refractivity contribution in [3.8, 4) is 11.8 Å². The minimum atomic E-state index is 0.0193. The Morgan fingerprint density at radius 1 is 1.47 bits per heavy atom. The van der Waals surface area contributed by atoms with Crippen LogP contribution in [0.1, 0.15) is 5.56 Å². The molecule has 0 radical (unpaired) electrons. The standard InChI is InChI=1S/C12H15ClN2O2/c1-16-8-6-15-9-10-11(13)3-2-4-12(10)17-7-5-14/h2-4,15H,6-9H2,1H3. The zero-order valence-corrected chi connectivity index (χ0v) is 10.5. The summed E-state index contributed by atoms with van der Waals surface area (Å²) >= 11 is 6.09. The molecule has 1 aromatic carbocycles. The molecule has 5 heteroatoms. The molecule has 0 heterocycles. The van der Waals surface area contributed by atoms with Gasteiger partial charge in [-0.1, -0.05) is 17.7 Å². The van der Waals surface area contributed by atoms with Crippen molar-refractivity contribution in [1.82, 2.24) is 5.32 Å². The average molecular weight is 255 g/mol. The third-order valence-corrected chi connectivity index (χ3v) is 2.51. The van der Waals surface area contributed by atoms with E-state index in [4.69, 9.17) is 26.3 Å². The summed E-state index contributed by atoms with van der Waals surface area (Å²) in [6.45, 7) is 1.98. The van der Waals surface area contributed by atoms with E-state index in [-0.39, 0.29) is 6.61 Å². The average Bonchev–Trinajstić information content (AvgIpc) is 2.34. The van der Waals surface area contributed by atoms with Crippen LogP contribution in [0, 0.1) is 11.3 Å². The quantitative estimate of drug-likeness (QED) is 0.756. The van der Waals surface area contributed by atoms with Gasteiger partial charge in [-0.25, -0.2) is 0 Å². The predicted octanol–water partition coefficient (Wildman–Crippen LogP) is 1.98. The van der Waals surface area contributed by atoms with Crippen LogP contribution in [0.5, 0.6) is 5.75 Å². The van der Waals surface area contributed by atoms with Gasteiger partial charge < -0.3 is 14.8 Å². The Kier molecular flexibility index (Phi) is 6.41. The number of nitrogens with zero attached hydrogens (tertiary/aromatic N) is 1. The smallest absolute Gasteiger partial charge is 0.174 e. The molecule has 0 fully saturated rings. The van der Waals surface area contributed by atoms with Gasteiger partial charge in [-0.3, -0.25) is 0 Å². The second-order valence-electron chi connectivity index (χ2n) is 3.33. The molecule has 0 aliphatic rings. The van der Waals surface area contributed by atoms with Crippen LogP contribution in [0.3, 0.4) is 0 Å². The molecule has 0 aromatic heterocycles. The van der Waals surface area contributed by atoms with Gasteiger partial charge in [0.15, 0.2) is 6.61 Å². The summed E-state index contributed by atoms with van der Waals surface area (Å²) < 4.78 is 10.2. The molecule has 0 aliphatic heterocycles. The number of ether oxygens (including phenoxy) is 2. The summed E-state index contributed by atoms with van der Waals surface area (Å²) in [5.74, 6) is 0.643. The Morgan fingerprint density at radius 3 is 3.00 bits per heavy atom. The molecule has 0 atom stereocenters. The lowest BCUT2D eigenvalue weighted by atomic mass is 10.2. The number of hydrogen-bond acceptors (Lipinski definition) is 4. The second kappa shape index (κ2) is 7.91. The Balaban J connectivity index is 2.63. The lowest BCUT2D eigenvalue weighted by Crippen LogP contribution is -2.19. The van der Waals surface area contributed by atoms with Crippen LogP contribution in [0.15, 0.2) is 18.2 Å². The van der Waals surface area contributed by atoms with Gasteiger partial charge in [0.25, 0.3) is 0 Å². The van der Waals surface area contributed by atoms with E-state index in [0.717, 1.165) is 12.1 Å². The summed E-state index contributed by atoms with van der Waals surface area (Å²) in [5, 5.41) is 12.3. The summed E-state index contributed by atoms with van der Waals surface area (Å²) in [6, 6.07) is 7.33. The first-order valence-electron chi connectivity index (χ1n) is 5.26. The van der Waals surface area contributed by atoms with Crippen molar-refractivity contribution >= 4 is 11.6 Å². The van der Waals surface area contributed by atoms with Crippen molar-refractivity contribution in [3.05, 3.63) is 28.8 Å². The van der Waals surface area contributed by atoms with Crippen LogP contribution in [-0.2, 0) is 11.3 Å². The fourth-order valence-corrected chi connectivity index (χ4v) is 1.58. The van der Waals surface area contributed by atoms with E-state index in [1.807, 2.05) is 6.07 Å². The van der Waals surface area contributed by atoms with E-state index < -0.39 is 0 Å². The van der Waals surface area contributed by atoms with Gasteiger partial charge in [-0.2, -0.15) is 5.26 Å². The molecule has 0 saturated heterocycles. The molecule has 1 N–H and O–H groups in total. The highest BCUT2D eigenvalue weighted by Crippen LogP contribution is 2.26. The molecule has 0 amide bonds. The predicted molar refractivity (Wildman–Crippen MR) is 66.1 cm³/mol. The van der Waals surface area contributed by atoms with Crippen molar-refractivity contribution in [2.24, 2.45) is 0 Å². The monoisotopic (exact) mass is 254 g/mol. The number of halogens is 1. The van der Waals surface area contributed by atoms with Gasteiger partial charge in [0.2, 0.25) is 0 Å². The molecule has 0 bridgehead atoms. The van der Waals surface area contributed by atoms with Gasteiger partial charge in [0, 0.05) is 30.8 Å². The number of nitriles is 1. The van der Waals surface area contributed by atoms with E-state index in [9.17, 15) is 0 Å². The zero-order chi connectivity index (χ0) is 12.5. The topological polar surface area (TPSA) is 54.3 Å². The normalized spacial score (nSPS) is 9.94. The molecule has 0 spiro atoms. The molecule has 17 heavy (non-hydrogen) atoms. The van der Waals surface area contributed by atoms with Crippen molar-refractivity contribution < 1.29 is 9.47 Å². The van der Waals surface area contributed by atoms with Gasteiger partial charge >= 0.3 is 0 Å². The third kappa shape index (κ3) is 4.61. The lowest BCUT2D eigenvalue weighted by Gasteiger charge is -2.11. The maximum Gasteiger partial charge on any atom is 0.174 e. The van der Waals surface area contributed by atoms with Crippen LogP contribution in [0.2, 0.25) is 5.02 Å². The summed E-state index contributed by atoms with van der Waals surface area (Å²) in [5.41, 5.74) is 0.862. The number of hydrogen-bond donors (Lipinski definition) is 1. The second-order valence-corrected chi connectivity index (χ2v) is 3.74. The Bertz CT molecular complexity index is 391. The van der Waals surface area contributed by atoms with Crippen LogP contribution in [-0.4, -0.2) is 26.9 Å². The summed E-state index contributed by atoms with van der Waals surface area (Å²) in [6.07, 6.45) is 0. The molecule has 4 nitrogen and oxygen atoms in total. The highest BCUT2D eigenvalue weighted by atomic mass is 35.5. The zero-order valence-electron chi connectivity index (χ0n) is 9.70. The Hall–Kier alpha value is -1.28. The van der Waals surface area contributed by atoms with Gasteiger partial charge in [0.05, 0.1) is 6.61 Å². The van der Waals surface area contributed by atoms with Gasteiger partial charge in [-0.05, 0) is 12.1 Å². The highest BCUT2D eigenvalue weighted by molar-refractivity contribution is 6.31. The number of nitrogens with one attached hydrogen (secondary N) is 1. The molecule has 0 saturated carbocycles. The van der Waals surface area contributed by atoms with E-state index >= 15 is 0 Å². The summed E-state index contributed by atoms with van der Waals surface area (Å²) in [7, 11) is 1.65. The molecular weight excluding hydrogens is 240 g/mol. The van der Waals surface area contributed by atoms with Crippen molar-refractivity contribution in [2.75, 3.05) is 26.9 Å². The van der Waals surface area contributed by atoms with Crippen LogP contribution >= 0.6 is 11.6 Å². The Labute approximate surface area is 106 Å². The first kappa shape index (κ1) is 13.8. The first-order chi connectivity index (χ1) is 8.29. The Morgan fingerprint density at radius 2 is 2.29 bits per heavy atom. The lowest BCUT2D eigenvalue weighted by molar-refractivity contribution is 0.199. The maximum absolute atomic E-state index is 8.49. The van der Waals surface area contributed by atoms with Gasteiger partial charge in [-0.15, -0.1) is 0 Å². The van der Waals surface area contributed by atoms with Gasteiger partial charge in [0.1, 0.15) is 11.8 Å². The number of rotatable bonds is 7. The third-order valence-electron chi connectivity index (χ3n) is 2.15. The molecule has 1 rings (SSSR count). The van der Waals surface area contributed by atoms with Crippen molar-refractivity contribution in [2.45, 2.75) is 6.54 Å². The molecule has 0 unspecified atom stereocenters. The fraction of sp³-hybridized carbons (Fsp3) is 0.417. The SMILES string of the molecule is COCCNCc1c(Cl)cccc1OCC#N. The van der Waals surface area contributed by atoms with E-state index in [2.05, 4.69) is 5.32 Å². The van der Waals surface area contributed by atoms with Crippen LogP contribution in [0.4, 0.5) is 0 Å². The first-order valence-corrected chi connectivity index (χ1v) is 5.64.